The first-order valence-corrected chi connectivity index (χ1v) is 7.92. The first-order chi connectivity index (χ1) is 9.06. The van der Waals surface area contributed by atoms with Crippen molar-refractivity contribution in [3.8, 4) is 0 Å². The summed E-state index contributed by atoms with van der Waals surface area (Å²) in [5.41, 5.74) is 1.88. The fraction of sp³-hybridized carbons (Fsp3) is 0.647. The van der Waals surface area contributed by atoms with Crippen molar-refractivity contribution in [2.75, 3.05) is 6.54 Å². The van der Waals surface area contributed by atoms with E-state index in [1.165, 1.54) is 31.2 Å². The van der Waals surface area contributed by atoms with Crippen LogP contribution < -0.4 is 5.32 Å². The highest BCUT2D eigenvalue weighted by atomic mass is 35.5. The Hall–Kier alpha value is -0.530. The standard InChI is InChI=1S/C17H24ClN/c1-12(2)19-11-17(9-14-7-15(14)10-17)8-13-4-3-5-16(18)6-13/h3-6,12,14-15,19H,7-11H2,1-2H3. The summed E-state index contributed by atoms with van der Waals surface area (Å²) < 4.78 is 0. The van der Waals surface area contributed by atoms with Crippen LogP contribution in [0.25, 0.3) is 0 Å². The van der Waals surface area contributed by atoms with Crippen LogP contribution in [0, 0.1) is 17.3 Å². The van der Waals surface area contributed by atoms with E-state index in [-0.39, 0.29) is 0 Å². The van der Waals surface area contributed by atoms with Crippen molar-refractivity contribution in [3.63, 3.8) is 0 Å². The number of halogens is 1. The average Bonchev–Trinajstić information content (AvgIpc) is 2.95. The van der Waals surface area contributed by atoms with E-state index >= 15 is 0 Å². The lowest BCUT2D eigenvalue weighted by Gasteiger charge is -2.32. The van der Waals surface area contributed by atoms with Crippen LogP contribution in [-0.4, -0.2) is 12.6 Å². The van der Waals surface area contributed by atoms with Gasteiger partial charge in [-0.3, -0.25) is 0 Å². The zero-order valence-electron chi connectivity index (χ0n) is 12.0. The highest BCUT2D eigenvalue weighted by Crippen LogP contribution is 2.60. The molecule has 1 aromatic rings. The molecule has 0 aromatic heterocycles. The highest BCUT2D eigenvalue weighted by molar-refractivity contribution is 6.30. The summed E-state index contributed by atoms with van der Waals surface area (Å²) in [6.07, 6.45) is 5.48. The van der Waals surface area contributed by atoms with Crippen molar-refractivity contribution < 1.29 is 0 Å². The molecule has 0 amide bonds. The first-order valence-electron chi connectivity index (χ1n) is 7.54. The monoisotopic (exact) mass is 277 g/mol. The molecule has 2 heteroatoms. The van der Waals surface area contributed by atoms with Crippen molar-refractivity contribution in [1.29, 1.82) is 0 Å². The number of benzene rings is 1. The van der Waals surface area contributed by atoms with Gasteiger partial charge in [0.25, 0.3) is 0 Å². The molecule has 19 heavy (non-hydrogen) atoms. The minimum atomic E-state index is 0.475. The van der Waals surface area contributed by atoms with Gasteiger partial charge < -0.3 is 5.32 Å². The Morgan fingerprint density at radius 1 is 1.32 bits per heavy atom. The van der Waals surface area contributed by atoms with Crippen molar-refractivity contribution in [3.05, 3.63) is 34.9 Å². The molecule has 0 radical (unpaired) electrons. The summed E-state index contributed by atoms with van der Waals surface area (Å²) in [5.74, 6) is 2.04. The average molecular weight is 278 g/mol. The van der Waals surface area contributed by atoms with Crippen LogP contribution in [-0.2, 0) is 6.42 Å². The molecule has 1 N–H and O–H groups in total. The summed E-state index contributed by atoms with van der Waals surface area (Å²) in [7, 11) is 0. The Kier molecular flexibility index (Phi) is 3.61. The van der Waals surface area contributed by atoms with Crippen LogP contribution in [0.5, 0.6) is 0 Å². The van der Waals surface area contributed by atoms with Crippen LogP contribution in [0.2, 0.25) is 5.02 Å². The zero-order chi connectivity index (χ0) is 13.5. The molecule has 1 aromatic carbocycles. The SMILES string of the molecule is CC(C)NCC1(Cc2cccc(Cl)c2)CC2CC2C1. The van der Waals surface area contributed by atoms with Crippen molar-refractivity contribution in [2.45, 2.75) is 45.6 Å². The van der Waals surface area contributed by atoms with Gasteiger partial charge in [0, 0.05) is 17.6 Å². The molecule has 3 rings (SSSR count). The minimum Gasteiger partial charge on any atom is -0.314 e. The van der Waals surface area contributed by atoms with Gasteiger partial charge in [0.05, 0.1) is 0 Å². The van der Waals surface area contributed by atoms with Crippen LogP contribution in [0.1, 0.15) is 38.7 Å². The van der Waals surface area contributed by atoms with Gasteiger partial charge in [-0.15, -0.1) is 0 Å². The molecule has 2 aliphatic carbocycles. The molecule has 0 saturated heterocycles. The molecule has 2 atom stereocenters. The second-order valence-electron chi connectivity index (χ2n) is 7.01. The highest BCUT2D eigenvalue weighted by Gasteiger charge is 2.53. The maximum absolute atomic E-state index is 6.13. The van der Waals surface area contributed by atoms with E-state index in [2.05, 4.69) is 37.4 Å². The largest absolute Gasteiger partial charge is 0.314 e. The van der Waals surface area contributed by atoms with Crippen molar-refractivity contribution >= 4 is 11.6 Å². The molecule has 1 nitrogen and oxygen atoms in total. The normalized spacial score (nSPS) is 32.6. The van der Waals surface area contributed by atoms with Crippen LogP contribution in [0.3, 0.4) is 0 Å². The lowest BCUT2D eigenvalue weighted by molar-refractivity contribution is 0.241. The summed E-state index contributed by atoms with van der Waals surface area (Å²) in [4.78, 5) is 0. The second-order valence-corrected chi connectivity index (χ2v) is 7.44. The van der Waals surface area contributed by atoms with E-state index in [9.17, 15) is 0 Å². The Labute approximate surface area is 121 Å². The maximum atomic E-state index is 6.13. The van der Waals surface area contributed by atoms with E-state index in [4.69, 9.17) is 11.6 Å². The fourth-order valence-electron chi connectivity index (χ4n) is 3.86. The molecule has 2 fully saturated rings. The molecule has 104 valence electrons. The van der Waals surface area contributed by atoms with Gasteiger partial charge in [-0.1, -0.05) is 37.6 Å². The number of hydrogen-bond acceptors (Lipinski definition) is 1. The predicted molar refractivity (Wildman–Crippen MR) is 81.6 cm³/mol. The van der Waals surface area contributed by atoms with Gasteiger partial charge in [0.2, 0.25) is 0 Å². The Balaban J connectivity index is 1.72. The van der Waals surface area contributed by atoms with Gasteiger partial charge in [-0.05, 0) is 60.6 Å². The van der Waals surface area contributed by atoms with Gasteiger partial charge in [0.15, 0.2) is 0 Å². The predicted octanol–water partition coefficient (Wildman–Crippen LogP) is 4.30. The smallest absolute Gasteiger partial charge is 0.0408 e. The van der Waals surface area contributed by atoms with Crippen molar-refractivity contribution in [1.82, 2.24) is 5.32 Å². The summed E-state index contributed by atoms with van der Waals surface area (Å²) in [6.45, 7) is 5.63. The van der Waals surface area contributed by atoms with E-state index in [0.717, 1.165) is 23.4 Å². The minimum absolute atomic E-state index is 0.475. The summed E-state index contributed by atoms with van der Waals surface area (Å²) >= 11 is 6.13. The summed E-state index contributed by atoms with van der Waals surface area (Å²) in [6, 6.07) is 9.00. The number of hydrogen-bond donors (Lipinski definition) is 1. The lowest BCUT2D eigenvalue weighted by Crippen LogP contribution is -2.38. The molecule has 0 spiro atoms. The van der Waals surface area contributed by atoms with Gasteiger partial charge in [0.1, 0.15) is 0 Å². The molecule has 2 aliphatic rings. The van der Waals surface area contributed by atoms with Gasteiger partial charge in [-0.2, -0.15) is 0 Å². The number of rotatable bonds is 5. The van der Waals surface area contributed by atoms with E-state index in [1.807, 2.05) is 6.07 Å². The molecular weight excluding hydrogens is 254 g/mol. The lowest BCUT2D eigenvalue weighted by atomic mass is 9.77. The topological polar surface area (TPSA) is 12.0 Å². The first kappa shape index (κ1) is 13.5. The third-order valence-corrected chi connectivity index (χ3v) is 5.05. The van der Waals surface area contributed by atoms with Crippen molar-refractivity contribution in [2.24, 2.45) is 17.3 Å². The maximum Gasteiger partial charge on any atom is 0.0408 e. The van der Waals surface area contributed by atoms with Gasteiger partial charge in [-0.25, -0.2) is 0 Å². The van der Waals surface area contributed by atoms with E-state index in [1.54, 1.807) is 0 Å². The number of nitrogens with one attached hydrogen (secondary N) is 1. The zero-order valence-corrected chi connectivity index (χ0v) is 12.7. The third-order valence-electron chi connectivity index (χ3n) is 4.81. The molecule has 2 saturated carbocycles. The molecule has 2 unspecified atom stereocenters. The van der Waals surface area contributed by atoms with E-state index < -0.39 is 0 Å². The van der Waals surface area contributed by atoms with Gasteiger partial charge >= 0.3 is 0 Å². The molecule has 0 aliphatic heterocycles. The quantitative estimate of drug-likeness (QED) is 0.846. The molecular formula is C17H24ClN. The summed E-state index contributed by atoms with van der Waals surface area (Å²) in [5, 5.41) is 4.54. The van der Waals surface area contributed by atoms with E-state index in [0.29, 0.717) is 11.5 Å². The fourth-order valence-corrected chi connectivity index (χ4v) is 4.07. The Morgan fingerprint density at radius 2 is 2.05 bits per heavy atom. The van der Waals surface area contributed by atoms with Crippen LogP contribution in [0.15, 0.2) is 24.3 Å². The van der Waals surface area contributed by atoms with Crippen LogP contribution >= 0.6 is 11.6 Å². The Bertz CT molecular complexity index is 444. The third kappa shape index (κ3) is 3.14. The number of fused-ring (bicyclic) bond motifs is 1. The van der Waals surface area contributed by atoms with Crippen LogP contribution in [0.4, 0.5) is 0 Å². The molecule has 0 heterocycles. The molecule has 0 bridgehead atoms. The Morgan fingerprint density at radius 3 is 2.68 bits per heavy atom. The second kappa shape index (κ2) is 5.10.